The highest BCUT2D eigenvalue weighted by molar-refractivity contribution is 6.30. The number of aromatic nitrogens is 4. The Balaban J connectivity index is 1.32. The van der Waals surface area contributed by atoms with Crippen molar-refractivity contribution in [3.8, 4) is 11.6 Å². The maximum absolute atomic E-state index is 14.5. The first kappa shape index (κ1) is 30.9. The lowest BCUT2D eigenvalue weighted by molar-refractivity contribution is -0.198. The van der Waals surface area contributed by atoms with Crippen LogP contribution < -0.4 is 20.7 Å². The van der Waals surface area contributed by atoms with Crippen LogP contribution in [0.2, 0.25) is 5.02 Å². The van der Waals surface area contributed by atoms with E-state index in [1.807, 2.05) is 11.8 Å². The van der Waals surface area contributed by atoms with Gasteiger partial charge in [0.15, 0.2) is 0 Å². The molecule has 3 aromatic rings. The van der Waals surface area contributed by atoms with E-state index < -0.39 is 12.3 Å². The number of aryl methyl sites for hydroxylation is 1. The standard InChI is InChI=1S/C29H35ClF3N7O3/c1-3-4-13-42-26(41)21-16-28(17-35-21)8-11-39(12-9-28)23-15-24(37-27(34)36-23)43-25(29(31,32)33)20-6-5-19(30)14-22(20)40-10-7-18(2)38-40/h5-7,10,14-15,21,25,35H,3-4,8-9,11-13,16-17H2,1-2H3,(H2,34,36,37)/t21-,25+/m0/s1. The van der Waals surface area contributed by atoms with Crippen molar-refractivity contribution in [1.82, 2.24) is 25.1 Å². The second-order valence-electron chi connectivity index (χ2n) is 11.2. The minimum absolute atomic E-state index is 0.0694. The number of alkyl halides is 3. The number of esters is 1. The Morgan fingerprint density at radius 3 is 2.67 bits per heavy atom. The highest BCUT2D eigenvalue weighted by Crippen LogP contribution is 2.42. The molecule has 2 aliphatic rings. The van der Waals surface area contributed by atoms with Crippen molar-refractivity contribution in [2.75, 3.05) is 36.9 Å². The summed E-state index contributed by atoms with van der Waals surface area (Å²) >= 11 is 6.14. The van der Waals surface area contributed by atoms with Gasteiger partial charge in [-0.1, -0.05) is 31.0 Å². The number of nitrogens with zero attached hydrogens (tertiary/aromatic N) is 5. The first-order valence-corrected chi connectivity index (χ1v) is 14.7. The van der Waals surface area contributed by atoms with Gasteiger partial charge in [-0.15, -0.1) is 0 Å². The van der Waals surface area contributed by atoms with Crippen LogP contribution in [0, 0.1) is 12.3 Å². The van der Waals surface area contributed by atoms with Crippen LogP contribution in [0.15, 0.2) is 36.5 Å². The van der Waals surface area contributed by atoms with Crippen molar-refractivity contribution in [3.63, 3.8) is 0 Å². The first-order valence-electron chi connectivity index (χ1n) is 14.3. The predicted molar refractivity (Wildman–Crippen MR) is 155 cm³/mol. The molecule has 0 bridgehead atoms. The fourth-order valence-electron chi connectivity index (χ4n) is 5.66. The lowest BCUT2D eigenvalue weighted by Gasteiger charge is -2.39. The summed E-state index contributed by atoms with van der Waals surface area (Å²) < 4.78 is 55.7. The number of hydrogen-bond donors (Lipinski definition) is 2. The quantitative estimate of drug-likeness (QED) is 0.246. The lowest BCUT2D eigenvalue weighted by Crippen LogP contribution is -2.41. The van der Waals surface area contributed by atoms with Crippen LogP contribution in [0.1, 0.15) is 56.4 Å². The molecule has 4 heterocycles. The molecule has 10 nitrogen and oxygen atoms in total. The number of nitrogens with one attached hydrogen (secondary N) is 1. The Bertz CT molecular complexity index is 1440. The molecule has 0 unspecified atom stereocenters. The van der Waals surface area contributed by atoms with Crippen molar-refractivity contribution < 1.29 is 27.4 Å². The van der Waals surface area contributed by atoms with Crippen LogP contribution >= 0.6 is 11.6 Å². The van der Waals surface area contributed by atoms with Gasteiger partial charge in [-0.2, -0.15) is 28.2 Å². The molecule has 2 aliphatic heterocycles. The largest absolute Gasteiger partial charge is 0.465 e. The van der Waals surface area contributed by atoms with Crippen LogP contribution in [-0.4, -0.2) is 64.2 Å². The molecule has 0 aliphatic carbocycles. The number of carbonyl (C=O) groups excluding carboxylic acids is 1. The number of benzene rings is 1. The Morgan fingerprint density at radius 1 is 1.23 bits per heavy atom. The fourth-order valence-corrected chi connectivity index (χ4v) is 5.82. The molecule has 2 fully saturated rings. The fraction of sp³-hybridized carbons (Fsp3) is 0.517. The van der Waals surface area contributed by atoms with Crippen molar-refractivity contribution in [3.05, 3.63) is 52.8 Å². The van der Waals surface area contributed by atoms with Gasteiger partial charge in [-0.3, -0.25) is 4.79 Å². The minimum Gasteiger partial charge on any atom is -0.465 e. The third-order valence-electron chi connectivity index (χ3n) is 8.02. The summed E-state index contributed by atoms with van der Waals surface area (Å²) in [7, 11) is 0. The van der Waals surface area contributed by atoms with E-state index in [-0.39, 0.29) is 45.5 Å². The summed E-state index contributed by atoms with van der Waals surface area (Å²) in [5, 5.41) is 7.82. The summed E-state index contributed by atoms with van der Waals surface area (Å²) in [5.74, 6) is -0.354. The third-order valence-corrected chi connectivity index (χ3v) is 8.26. The molecule has 1 spiro atoms. The summed E-state index contributed by atoms with van der Waals surface area (Å²) in [5.41, 5.74) is 6.45. The molecule has 0 radical (unpaired) electrons. The molecular formula is C29H35ClF3N7O3. The van der Waals surface area contributed by atoms with Crippen LogP contribution in [0.25, 0.3) is 5.69 Å². The van der Waals surface area contributed by atoms with Gasteiger partial charge in [0.05, 0.1) is 18.0 Å². The van der Waals surface area contributed by atoms with Crippen molar-refractivity contribution in [2.45, 2.75) is 64.3 Å². The number of nitrogen functional groups attached to an aromatic ring is 1. The van der Waals surface area contributed by atoms with Gasteiger partial charge in [0, 0.05) is 42.5 Å². The zero-order chi connectivity index (χ0) is 30.8. The van der Waals surface area contributed by atoms with Crippen LogP contribution in [0.5, 0.6) is 5.88 Å². The topological polar surface area (TPSA) is 120 Å². The van der Waals surface area contributed by atoms with E-state index in [0.717, 1.165) is 25.7 Å². The van der Waals surface area contributed by atoms with Crippen LogP contribution in [0.3, 0.4) is 0 Å². The van der Waals surface area contributed by atoms with E-state index in [1.165, 1.54) is 28.9 Å². The zero-order valence-corrected chi connectivity index (χ0v) is 24.8. The maximum Gasteiger partial charge on any atom is 0.429 e. The van der Waals surface area contributed by atoms with E-state index in [0.29, 0.717) is 44.2 Å². The molecular weight excluding hydrogens is 587 g/mol. The highest BCUT2D eigenvalue weighted by atomic mass is 35.5. The minimum atomic E-state index is -4.80. The number of piperidine rings is 1. The van der Waals surface area contributed by atoms with Gasteiger partial charge in [0.25, 0.3) is 0 Å². The molecule has 3 N–H and O–H groups in total. The number of ether oxygens (including phenoxy) is 2. The highest BCUT2D eigenvalue weighted by Gasteiger charge is 2.46. The molecule has 2 aromatic heterocycles. The number of hydrogen-bond acceptors (Lipinski definition) is 9. The Kier molecular flexibility index (Phi) is 9.02. The first-order chi connectivity index (χ1) is 20.5. The van der Waals surface area contributed by atoms with Gasteiger partial charge in [0.1, 0.15) is 11.9 Å². The molecule has 43 heavy (non-hydrogen) atoms. The zero-order valence-electron chi connectivity index (χ0n) is 24.0. The van der Waals surface area contributed by atoms with Crippen LogP contribution in [0.4, 0.5) is 24.9 Å². The van der Waals surface area contributed by atoms with Crippen molar-refractivity contribution >= 4 is 29.3 Å². The molecule has 0 amide bonds. The lowest BCUT2D eigenvalue weighted by atomic mass is 9.76. The Morgan fingerprint density at radius 2 is 2.00 bits per heavy atom. The van der Waals surface area contributed by atoms with Gasteiger partial charge in [0.2, 0.25) is 17.9 Å². The average Bonchev–Trinajstić information content (AvgIpc) is 3.58. The molecule has 1 aromatic carbocycles. The molecule has 14 heteroatoms. The average molecular weight is 622 g/mol. The van der Waals surface area contributed by atoms with E-state index >= 15 is 0 Å². The predicted octanol–water partition coefficient (Wildman–Crippen LogP) is 5.18. The molecule has 2 saturated heterocycles. The number of halogens is 4. The van der Waals surface area contributed by atoms with E-state index in [2.05, 4.69) is 20.4 Å². The number of unbranched alkanes of at least 4 members (excludes halogenated alkanes) is 1. The van der Waals surface area contributed by atoms with E-state index in [1.54, 1.807) is 19.2 Å². The Labute approximate surface area is 252 Å². The summed E-state index contributed by atoms with van der Waals surface area (Å²) in [6.07, 6.45) is -1.63. The van der Waals surface area contributed by atoms with Gasteiger partial charge in [-0.25, -0.2) is 4.68 Å². The van der Waals surface area contributed by atoms with Gasteiger partial charge in [-0.05, 0) is 56.2 Å². The van der Waals surface area contributed by atoms with E-state index in [9.17, 15) is 18.0 Å². The smallest absolute Gasteiger partial charge is 0.429 e. The van der Waals surface area contributed by atoms with Gasteiger partial charge >= 0.3 is 12.1 Å². The molecule has 5 rings (SSSR count). The normalized spacial score (nSPS) is 19.0. The second kappa shape index (κ2) is 12.6. The number of anilines is 2. The maximum atomic E-state index is 14.5. The van der Waals surface area contributed by atoms with E-state index in [4.69, 9.17) is 26.8 Å². The Hall–Kier alpha value is -3.58. The van der Waals surface area contributed by atoms with Crippen molar-refractivity contribution in [2.24, 2.45) is 5.41 Å². The monoisotopic (exact) mass is 621 g/mol. The third kappa shape index (κ3) is 7.15. The second-order valence-corrected chi connectivity index (χ2v) is 11.6. The van der Waals surface area contributed by atoms with Gasteiger partial charge < -0.3 is 25.4 Å². The molecule has 0 saturated carbocycles. The number of carbonyl (C=O) groups is 1. The summed E-state index contributed by atoms with van der Waals surface area (Å²) in [6, 6.07) is 6.76. The SMILES string of the molecule is CCCCOC(=O)[C@@H]1CC2(CCN(c3cc(O[C@H](c4ccc(Cl)cc4-n4ccc(C)n4)C(F)(F)F)nc(N)n3)CC2)CN1. The number of nitrogens with two attached hydrogens (primary N) is 1. The molecule has 232 valence electrons. The van der Waals surface area contributed by atoms with Crippen LogP contribution in [-0.2, 0) is 9.53 Å². The number of rotatable bonds is 9. The summed E-state index contributed by atoms with van der Waals surface area (Å²) in [6.45, 7) is 6.05. The summed E-state index contributed by atoms with van der Waals surface area (Å²) in [4.78, 5) is 22.7. The van der Waals surface area contributed by atoms with Crippen molar-refractivity contribution in [1.29, 1.82) is 0 Å². The molecule has 2 atom stereocenters.